The highest BCUT2D eigenvalue weighted by Gasteiger charge is 2.17. The third-order valence-corrected chi connectivity index (χ3v) is 4.71. The Balaban J connectivity index is 1.86. The minimum absolute atomic E-state index is 0.0893. The van der Waals surface area contributed by atoms with Gasteiger partial charge in [0.15, 0.2) is 0 Å². The van der Waals surface area contributed by atoms with Crippen LogP contribution in [-0.4, -0.2) is 23.3 Å². The number of thiazole rings is 1. The molecule has 7 heteroatoms. The highest BCUT2D eigenvalue weighted by atomic mass is 32.1. The molecule has 2 aromatic heterocycles. The van der Waals surface area contributed by atoms with E-state index in [0.717, 1.165) is 10.7 Å². The maximum Gasteiger partial charge on any atom is 0.255 e. The van der Waals surface area contributed by atoms with Crippen LogP contribution in [-0.2, 0) is 4.79 Å². The number of rotatable bonds is 6. The fraction of sp³-hybridized carbons (Fsp3) is 0.471. The maximum atomic E-state index is 12.1. The van der Waals surface area contributed by atoms with Crippen LogP contribution in [0.5, 0.6) is 0 Å². The van der Waals surface area contributed by atoms with Gasteiger partial charge in [0.05, 0.1) is 28.9 Å². The van der Waals surface area contributed by atoms with E-state index in [2.05, 4.69) is 29.5 Å². The number of carbonyl (C=O) groups is 2. The molecule has 2 aromatic rings. The van der Waals surface area contributed by atoms with Crippen LogP contribution in [0.1, 0.15) is 65.3 Å². The van der Waals surface area contributed by atoms with Crippen molar-refractivity contribution < 1.29 is 14.0 Å². The van der Waals surface area contributed by atoms with E-state index in [-0.39, 0.29) is 24.4 Å². The smallest absolute Gasteiger partial charge is 0.255 e. The lowest BCUT2D eigenvalue weighted by atomic mass is 10.2. The first-order chi connectivity index (χ1) is 11.3. The van der Waals surface area contributed by atoms with Crippen molar-refractivity contribution in [2.24, 2.45) is 0 Å². The zero-order valence-electron chi connectivity index (χ0n) is 14.6. The lowest BCUT2D eigenvalue weighted by Gasteiger charge is -2.12. The van der Waals surface area contributed by atoms with Crippen LogP contribution >= 0.6 is 11.3 Å². The van der Waals surface area contributed by atoms with Crippen molar-refractivity contribution in [3.05, 3.63) is 39.2 Å². The van der Waals surface area contributed by atoms with Crippen molar-refractivity contribution in [2.75, 3.05) is 6.54 Å². The first-order valence-corrected chi connectivity index (χ1v) is 8.75. The number of carbonyl (C=O) groups excluding carboxylic acids is 2. The molecule has 2 heterocycles. The van der Waals surface area contributed by atoms with Gasteiger partial charge in [-0.25, -0.2) is 4.98 Å². The summed E-state index contributed by atoms with van der Waals surface area (Å²) in [6.45, 7) is 9.45. The summed E-state index contributed by atoms with van der Waals surface area (Å²) < 4.78 is 5.32. The van der Waals surface area contributed by atoms with Crippen LogP contribution in [0.15, 0.2) is 15.9 Å². The average Bonchev–Trinajstić information content (AvgIpc) is 3.11. The van der Waals surface area contributed by atoms with Crippen LogP contribution in [0, 0.1) is 13.8 Å². The number of aryl methyl sites for hydroxylation is 2. The van der Waals surface area contributed by atoms with Gasteiger partial charge in [-0.15, -0.1) is 11.3 Å². The molecule has 2 N–H and O–H groups in total. The van der Waals surface area contributed by atoms with E-state index in [0.29, 0.717) is 23.0 Å². The van der Waals surface area contributed by atoms with Crippen molar-refractivity contribution in [2.45, 2.75) is 46.6 Å². The summed E-state index contributed by atoms with van der Waals surface area (Å²) in [7, 11) is 0. The SMILES string of the molecule is Cc1cc(C(=O)NCC(=O)N[C@@H](C)c2csc(C(C)C)n2)c(C)o1. The molecule has 0 spiro atoms. The molecule has 0 aliphatic heterocycles. The second kappa shape index (κ2) is 7.61. The molecule has 0 aromatic carbocycles. The number of hydrogen-bond acceptors (Lipinski definition) is 5. The van der Waals surface area contributed by atoms with Gasteiger partial charge in [0, 0.05) is 11.3 Å². The van der Waals surface area contributed by atoms with Gasteiger partial charge in [-0.05, 0) is 26.8 Å². The minimum atomic E-state index is -0.317. The number of nitrogens with zero attached hydrogens (tertiary/aromatic N) is 1. The van der Waals surface area contributed by atoms with E-state index in [1.807, 2.05) is 12.3 Å². The quantitative estimate of drug-likeness (QED) is 0.839. The van der Waals surface area contributed by atoms with E-state index in [4.69, 9.17) is 4.42 Å². The first kappa shape index (κ1) is 18.2. The van der Waals surface area contributed by atoms with Crippen molar-refractivity contribution in [1.29, 1.82) is 0 Å². The second-order valence-corrected chi connectivity index (χ2v) is 6.95. The van der Waals surface area contributed by atoms with Gasteiger partial charge in [-0.1, -0.05) is 13.8 Å². The van der Waals surface area contributed by atoms with Crippen molar-refractivity contribution in [1.82, 2.24) is 15.6 Å². The van der Waals surface area contributed by atoms with E-state index >= 15 is 0 Å². The van der Waals surface area contributed by atoms with E-state index in [1.54, 1.807) is 31.3 Å². The molecule has 0 radical (unpaired) electrons. The topological polar surface area (TPSA) is 84.2 Å². The number of amides is 2. The minimum Gasteiger partial charge on any atom is -0.466 e. The highest BCUT2D eigenvalue weighted by molar-refractivity contribution is 7.09. The summed E-state index contributed by atoms with van der Waals surface area (Å²) in [5.41, 5.74) is 1.29. The maximum absolute atomic E-state index is 12.1. The number of hydrogen-bond donors (Lipinski definition) is 2. The molecule has 24 heavy (non-hydrogen) atoms. The molecule has 0 aliphatic rings. The zero-order valence-corrected chi connectivity index (χ0v) is 15.4. The molecule has 0 saturated carbocycles. The Morgan fingerprint density at radius 3 is 2.54 bits per heavy atom. The summed E-state index contributed by atoms with van der Waals surface area (Å²) >= 11 is 1.59. The normalized spacial score (nSPS) is 12.2. The fourth-order valence-corrected chi connectivity index (χ4v) is 3.17. The van der Waals surface area contributed by atoms with Crippen molar-refractivity contribution >= 4 is 23.2 Å². The Labute approximate surface area is 145 Å². The lowest BCUT2D eigenvalue weighted by molar-refractivity contribution is -0.120. The van der Waals surface area contributed by atoms with Crippen LogP contribution < -0.4 is 10.6 Å². The summed E-state index contributed by atoms with van der Waals surface area (Å²) in [6.07, 6.45) is 0. The number of aromatic nitrogens is 1. The molecule has 0 bridgehead atoms. The molecule has 130 valence electrons. The molecule has 2 amide bonds. The van der Waals surface area contributed by atoms with Gasteiger partial charge >= 0.3 is 0 Å². The van der Waals surface area contributed by atoms with Gasteiger partial charge < -0.3 is 15.1 Å². The van der Waals surface area contributed by atoms with Crippen LogP contribution in [0.4, 0.5) is 0 Å². The van der Waals surface area contributed by atoms with Crippen LogP contribution in [0.25, 0.3) is 0 Å². The molecule has 0 saturated heterocycles. The predicted molar refractivity (Wildman–Crippen MR) is 93.3 cm³/mol. The third-order valence-electron chi connectivity index (χ3n) is 3.55. The average molecular weight is 349 g/mol. The van der Waals surface area contributed by atoms with Crippen LogP contribution in [0.3, 0.4) is 0 Å². The Hall–Kier alpha value is -2.15. The standard InChI is InChI=1S/C17H23N3O3S/c1-9(2)17-20-14(8-24-17)11(4)19-15(21)7-18-16(22)13-6-10(3)23-12(13)5/h6,8-9,11H,7H2,1-5H3,(H,18,22)(H,19,21)/t11-/m0/s1. The summed E-state index contributed by atoms with van der Waals surface area (Å²) in [4.78, 5) is 28.6. The van der Waals surface area contributed by atoms with Gasteiger partial charge in [-0.2, -0.15) is 0 Å². The van der Waals surface area contributed by atoms with Crippen LogP contribution in [0.2, 0.25) is 0 Å². The predicted octanol–water partition coefficient (Wildman–Crippen LogP) is 3.08. The van der Waals surface area contributed by atoms with Crippen molar-refractivity contribution in [3.8, 4) is 0 Å². The molecule has 2 rings (SSSR count). The van der Waals surface area contributed by atoms with Gasteiger partial charge in [0.25, 0.3) is 5.91 Å². The molecule has 6 nitrogen and oxygen atoms in total. The van der Waals surface area contributed by atoms with Gasteiger partial charge in [0.2, 0.25) is 5.91 Å². The first-order valence-electron chi connectivity index (χ1n) is 7.87. The number of nitrogens with one attached hydrogen (secondary N) is 2. The monoisotopic (exact) mass is 349 g/mol. The van der Waals surface area contributed by atoms with E-state index in [1.165, 1.54) is 0 Å². The molecule has 0 aliphatic carbocycles. The third kappa shape index (κ3) is 4.44. The number of furan rings is 1. The molecule has 0 unspecified atom stereocenters. The fourth-order valence-electron chi connectivity index (χ4n) is 2.24. The van der Waals surface area contributed by atoms with E-state index < -0.39 is 0 Å². The molecular weight excluding hydrogens is 326 g/mol. The molecular formula is C17H23N3O3S. The summed E-state index contributed by atoms with van der Waals surface area (Å²) in [5.74, 6) is 1.01. The second-order valence-electron chi connectivity index (χ2n) is 6.06. The van der Waals surface area contributed by atoms with Gasteiger partial charge in [0.1, 0.15) is 11.5 Å². The van der Waals surface area contributed by atoms with Crippen molar-refractivity contribution in [3.63, 3.8) is 0 Å². The zero-order chi connectivity index (χ0) is 17.9. The van der Waals surface area contributed by atoms with Gasteiger partial charge in [-0.3, -0.25) is 9.59 Å². The Morgan fingerprint density at radius 1 is 1.29 bits per heavy atom. The molecule has 0 fully saturated rings. The Bertz CT molecular complexity index is 733. The highest BCUT2D eigenvalue weighted by Crippen LogP contribution is 2.22. The summed E-state index contributed by atoms with van der Waals surface area (Å²) in [6, 6.07) is 1.46. The Kier molecular flexibility index (Phi) is 5.77. The Morgan fingerprint density at radius 2 is 2.00 bits per heavy atom. The lowest BCUT2D eigenvalue weighted by Crippen LogP contribution is -2.38. The summed E-state index contributed by atoms with van der Waals surface area (Å²) in [5, 5.41) is 8.45. The van der Waals surface area contributed by atoms with E-state index in [9.17, 15) is 9.59 Å². The molecule has 1 atom stereocenters. The largest absolute Gasteiger partial charge is 0.466 e.